The van der Waals surface area contributed by atoms with Crippen molar-refractivity contribution in [2.45, 2.75) is 40.7 Å². The molecular formula is C15H25NO. The average molecular weight is 235 g/mol. The van der Waals surface area contributed by atoms with Crippen LogP contribution in [0.25, 0.3) is 0 Å². The Morgan fingerprint density at radius 2 is 1.82 bits per heavy atom. The highest BCUT2D eigenvalue weighted by Gasteiger charge is 2.07. The Morgan fingerprint density at radius 3 is 2.41 bits per heavy atom. The van der Waals surface area contributed by atoms with Crippen LogP contribution in [-0.4, -0.2) is 12.6 Å². The topological polar surface area (TPSA) is 21.3 Å². The Bertz CT molecular complexity index is 333. The quantitative estimate of drug-likeness (QED) is 0.798. The van der Waals surface area contributed by atoms with Gasteiger partial charge in [0.1, 0.15) is 5.75 Å². The van der Waals surface area contributed by atoms with Crippen LogP contribution in [0.15, 0.2) is 24.3 Å². The summed E-state index contributed by atoms with van der Waals surface area (Å²) in [6.07, 6.45) is 0. The van der Waals surface area contributed by atoms with Crippen molar-refractivity contribution in [2.24, 2.45) is 11.8 Å². The fourth-order valence-electron chi connectivity index (χ4n) is 1.37. The minimum Gasteiger partial charge on any atom is -0.493 e. The summed E-state index contributed by atoms with van der Waals surface area (Å²) in [6.45, 7) is 11.7. The van der Waals surface area contributed by atoms with Crippen molar-refractivity contribution in [3.05, 3.63) is 24.3 Å². The molecule has 1 aromatic carbocycles. The molecule has 2 nitrogen and oxygen atoms in total. The molecule has 0 aliphatic carbocycles. The monoisotopic (exact) mass is 235 g/mol. The van der Waals surface area contributed by atoms with Crippen molar-refractivity contribution in [1.29, 1.82) is 0 Å². The molecule has 0 aromatic heterocycles. The number of hydrogen-bond acceptors (Lipinski definition) is 2. The van der Waals surface area contributed by atoms with Gasteiger partial charge >= 0.3 is 0 Å². The maximum atomic E-state index is 5.71. The zero-order chi connectivity index (χ0) is 12.8. The first-order valence-corrected chi connectivity index (χ1v) is 6.48. The minimum atomic E-state index is 0.468. The first-order valence-electron chi connectivity index (χ1n) is 6.48. The Hall–Kier alpha value is -1.18. The Balaban J connectivity index is 2.59. The molecule has 96 valence electrons. The van der Waals surface area contributed by atoms with E-state index in [0.717, 1.165) is 18.0 Å². The first kappa shape index (κ1) is 13.9. The lowest BCUT2D eigenvalue weighted by Crippen LogP contribution is -2.21. The van der Waals surface area contributed by atoms with Crippen molar-refractivity contribution in [1.82, 2.24) is 0 Å². The molecule has 1 rings (SSSR count). The van der Waals surface area contributed by atoms with Crippen molar-refractivity contribution in [2.75, 3.05) is 11.9 Å². The van der Waals surface area contributed by atoms with Crippen molar-refractivity contribution in [3.8, 4) is 5.75 Å². The van der Waals surface area contributed by atoms with E-state index in [1.54, 1.807) is 0 Å². The van der Waals surface area contributed by atoms with E-state index in [9.17, 15) is 0 Å². The molecule has 0 aliphatic heterocycles. The normalized spacial score (nSPS) is 12.9. The molecule has 1 N–H and O–H groups in total. The summed E-state index contributed by atoms with van der Waals surface area (Å²) in [5, 5.41) is 3.49. The average Bonchev–Trinajstić information content (AvgIpc) is 2.26. The smallest absolute Gasteiger partial charge is 0.121 e. The number of anilines is 1. The highest BCUT2D eigenvalue weighted by Crippen LogP contribution is 2.19. The Morgan fingerprint density at radius 1 is 1.12 bits per heavy atom. The maximum Gasteiger partial charge on any atom is 0.121 e. The van der Waals surface area contributed by atoms with Crippen LogP contribution in [0.5, 0.6) is 5.75 Å². The summed E-state index contributed by atoms with van der Waals surface area (Å²) in [5.41, 5.74) is 1.13. The zero-order valence-electron chi connectivity index (χ0n) is 11.7. The van der Waals surface area contributed by atoms with Crippen LogP contribution in [-0.2, 0) is 0 Å². The highest BCUT2D eigenvalue weighted by atomic mass is 16.5. The summed E-state index contributed by atoms with van der Waals surface area (Å²) in [7, 11) is 0. The van der Waals surface area contributed by atoms with Crippen molar-refractivity contribution >= 4 is 5.69 Å². The van der Waals surface area contributed by atoms with E-state index in [0.29, 0.717) is 17.9 Å². The predicted octanol–water partition coefficient (Wildman–Crippen LogP) is 4.18. The van der Waals surface area contributed by atoms with Gasteiger partial charge in [-0.1, -0.05) is 33.8 Å². The van der Waals surface area contributed by atoms with Gasteiger partial charge in [0.25, 0.3) is 0 Å². The molecule has 0 bridgehead atoms. The van der Waals surface area contributed by atoms with Gasteiger partial charge in [0, 0.05) is 17.8 Å². The molecule has 2 heteroatoms. The summed E-state index contributed by atoms with van der Waals surface area (Å²) < 4.78 is 5.71. The van der Waals surface area contributed by atoms with E-state index in [2.05, 4.69) is 52.1 Å². The van der Waals surface area contributed by atoms with Crippen molar-refractivity contribution < 1.29 is 4.74 Å². The summed E-state index contributed by atoms with van der Waals surface area (Å²) in [4.78, 5) is 0. The second kappa shape index (κ2) is 6.53. The van der Waals surface area contributed by atoms with Crippen LogP contribution in [0.1, 0.15) is 34.6 Å². The van der Waals surface area contributed by atoms with Gasteiger partial charge in [0.05, 0.1) is 6.61 Å². The largest absolute Gasteiger partial charge is 0.493 e. The van der Waals surface area contributed by atoms with E-state index in [4.69, 9.17) is 4.74 Å². The molecule has 1 aromatic rings. The van der Waals surface area contributed by atoms with E-state index in [1.165, 1.54) is 0 Å². The fraction of sp³-hybridized carbons (Fsp3) is 0.600. The molecule has 17 heavy (non-hydrogen) atoms. The van der Waals surface area contributed by atoms with Gasteiger partial charge in [-0.25, -0.2) is 0 Å². The van der Waals surface area contributed by atoms with Crippen LogP contribution in [0.3, 0.4) is 0 Å². The molecule has 0 aliphatic rings. The molecule has 1 unspecified atom stereocenters. The molecular weight excluding hydrogens is 210 g/mol. The van der Waals surface area contributed by atoms with Gasteiger partial charge in [0.2, 0.25) is 0 Å². The SMILES string of the molecule is CC(C)COc1cccc(NC(C)C(C)C)c1. The molecule has 0 amide bonds. The predicted molar refractivity (Wildman–Crippen MR) is 74.7 cm³/mol. The standard InChI is InChI=1S/C15H25NO/c1-11(2)10-17-15-8-6-7-14(9-15)16-13(5)12(3)4/h6-9,11-13,16H,10H2,1-5H3. The number of benzene rings is 1. The lowest BCUT2D eigenvalue weighted by atomic mass is 10.1. The number of ether oxygens (including phenoxy) is 1. The molecule has 0 heterocycles. The third kappa shape index (κ3) is 5.12. The summed E-state index contributed by atoms with van der Waals surface area (Å²) >= 11 is 0. The maximum absolute atomic E-state index is 5.71. The van der Waals surface area contributed by atoms with Crippen LogP contribution in [0.2, 0.25) is 0 Å². The van der Waals surface area contributed by atoms with E-state index in [1.807, 2.05) is 12.1 Å². The molecule has 0 saturated carbocycles. The second-order valence-electron chi connectivity index (χ2n) is 5.41. The number of rotatable bonds is 6. The van der Waals surface area contributed by atoms with Crippen LogP contribution in [0.4, 0.5) is 5.69 Å². The minimum absolute atomic E-state index is 0.468. The Kier molecular flexibility index (Phi) is 5.33. The first-order chi connectivity index (χ1) is 7.99. The molecule has 0 radical (unpaired) electrons. The van der Waals surface area contributed by atoms with Crippen molar-refractivity contribution in [3.63, 3.8) is 0 Å². The second-order valence-corrected chi connectivity index (χ2v) is 5.41. The van der Waals surface area contributed by atoms with Gasteiger partial charge in [-0.3, -0.25) is 0 Å². The lowest BCUT2D eigenvalue weighted by molar-refractivity contribution is 0.271. The molecule has 0 saturated heterocycles. The molecule has 0 spiro atoms. The van der Waals surface area contributed by atoms with Gasteiger partial charge in [0.15, 0.2) is 0 Å². The number of hydrogen-bond donors (Lipinski definition) is 1. The van der Waals surface area contributed by atoms with Gasteiger partial charge in [-0.15, -0.1) is 0 Å². The summed E-state index contributed by atoms with van der Waals surface area (Å²) in [6, 6.07) is 8.66. The van der Waals surface area contributed by atoms with Crippen LogP contribution >= 0.6 is 0 Å². The molecule has 0 fully saturated rings. The van der Waals surface area contributed by atoms with E-state index in [-0.39, 0.29) is 0 Å². The zero-order valence-corrected chi connectivity index (χ0v) is 11.7. The number of nitrogens with one attached hydrogen (secondary N) is 1. The Labute approximate surface area is 105 Å². The van der Waals surface area contributed by atoms with Crippen LogP contribution in [0, 0.1) is 11.8 Å². The summed E-state index contributed by atoms with van der Waals surface area (Å²) in [5.74, 6) is 2.12. The fourth-order valence-corrected chi connectivity index (χ4v) is 1.37. The highest BCUT2D eigenvalue weighted by molar-refractivity contribution is 5.48. The molecule has 1 atom stereocenters. The van der Waals surface area contributed by atoms with Gasteiger partial charge < -0.3 is 10.1 Å². The lowest BCUT2D eigenvalue weighted by Gasteiger charge is -2.19. The van der Waals surface area contributed by atoms with Gasteiger partial charge in [-0.2, -0.15) is 0 Å². The van der Waals surface area contributed by atoms with E-state index >= 15 is 0 Å². The third-order valence-electron chi connectivity index (χ3n) is 2.81. The third-order valence-corrected chi connectivity index (χ3v) is 2.81. The van der Waals surface area contributed by atoms with Gasteiger partial charge in [-0.05, 0) is 30.9 Å². The van der Waals surface area contributed by atoms with Crippen LogP contribution < -0.4 is 10.1 Å². The van der Waals surface area contributed by atoms with E-state index < -0.39 is 0 Å².